The van der Waals surface area contributed by atoms with Gasteiger partial charge in [-0.3, -0.25) is 0 Å². The Morgan fingerprint density at radius 3 is 2.85 bits per heavy atom. The zero-order chi connectivity index (χ0) is 14.6. The van der Waals surface area contributed by atoms with Gasteiger partial charge in [0.1, 0.15) is 0 Å². The lowest BCUT2D eigenvalue weighted by Crippen LogP contribution is -2.09. The molecule has 7 heteroatoms. The summed E-state index contributed by atoms with van der Waals surface area (Å²) >= 11 is 0. The van der Waals surface area contributed by atoms with Gasteiger partial charge in [-0.1, -0.05) is 18.5 Å². The van der Waals surface area contributed by atoms with Crippen LogP contribution in [0.5, 0.6) is 0 Å². The van der Waals surface area contributed by atoms with E-state index in [0.717, 1.165) is 25.7 Å². The molecule has 2 unspecified atom stereocenters. The van der Waals surface area contributed by atoms with Crippen molar-refractivity contribution in [1.29, 1.82) is 0 Å². The van der Waals surface area contributed by atoms with Gasteiger partial charge in [-0.15, -0.1) is 0 Å². The van der Waals surface area contributed by atoms with Crippen LogP contribution in [0, 0.1) is 5.92 Å². The highest BCUT2D eigenvalue weighted by Gasteiger charge is 2.32. The molecule has 0 amide bonds. The van der Waals surface area contributed by atoms with Crippen molar-refractivity contribution < 1.29 is 12.9 Å². The first-order chi connectivity index (χ1) is 9.54. The average Bonchev–Trinajstić information content (AvgIpc) is 3.00. The fourth-order valence-corrected chi connectivity index (χ4v) is 4.39. The molecule has 1 saturated heterocycles. The Bertz CT molecular complexity index is 527. The van der Waals surface area contributed by atoms with Crippen LogP contribution in [0.1, 0.15) is 50.2 Å². The van der Waals surface area contributed by atoms with Crippen LogP contribution in [0.3, 0.4) is 0 Å². The monoisotopic (exact) mass is 301 g/mol. The van der Waals surface area contributed by atoms with Crippen molar-refractivity contribution >= 4 is 9.84 Å². The van der Waals surface area contributed by atoms with Gasteiger partial charge in [0.25, 0.3) is 0 Å². The lowest BCUT2D eigenvalue weighted by molar-refractivity contribution is 0.349. The van der Waals surface area contributed by atoms with Gasteiger partial charge in [0.2, 0.25) is 5.89 Å². The molecule has 0 bridgehead atoms. The standard InChI is InChI=1S/C13H23N3O3S/c1-2-10(5-7-14)3-4-12-15-13(16-19-12)11-6-8-20(17,18)9-11/h10-11H,2-9,14H2,1H3. The van der Waals surface area contributed by atoms with Crippen LogP contribution in [0.2, 0.25) is 0 Å². The molecule has 0 spiro atoms. The zero-order valence-electron chi connectivity index (χ0n) is 11.9. The van der Waals surface area contributed by atoms with Crippen molar-refractivity contribution in [3.63, 3.8) is 0 Å². The van der Waals surface area contributed by atoms with E-state index in [1.807, 2.05) is 0 Å². The Balaban J connectivity index is 1.89. The first kappa shape index (κ1) is 15.4. The van der Waals surface area contributed by atoms with Crippen molar-refractivity contribution in [3.8, 4) is 0 Å². The van der Waals surface area contributed by atoms with Gasteiger partial charge in [0.15, 0.2) is 15.7 Å². The average molecular weight is 301 g/mol. The van der Waals surface area contributed by atoms with E-state index >= 15 is 0 Å². The molecule has 1 fully saturated rings. The number of hydrogen-bond acceptors (Lipinski definition) is 6. The van der Waals surface area contributed by atoms with E-state index < -0.39 is 9.84 Å². The molecular formula is C13H23N3O3S. The Hall–Kier alpha value is -0.950. The summed E-state index contributed by atoms with van der Waals surface area (Å²) in [6, 6.07) is 0. The first-order valence-electron chi connectivity index (χ1n) is 7.27. The quantitative estimate of drug-likeness (QED) is 0.814. The fraction of sp³-hybridized carbons (Fsp3) is 0.846. The maximum absolute atomic E-state index is 11.4. The Kier molecular flexibility index (Phi) is 5.15. The molecule has 0 radical (unpaired) electrons. The molecule has 2 atom stereocenters. The minimum Gasteiger partial charge on any atom is -0.339 e. The molecule has 114 valence electrons. The third-order valence-corrected chi connectivity index (χ3v) is 5.77. The van der Waals surface area contributed by atoms with Crippen molar-refractivity contribution in [2.24, 2.45) is 11.7 Å². The number of aryl methyl sites for hydroxylation is 1. The van der Waals surface area contributed by atoms with Gasteiger partial charge in [0, 0.05) is 12.3 Å². The summed E-state index contributed by atoms with van der Waals surface area (Å²) in [5.74, 6) is 2.03. The lowest BCUT2D eigenvalue weighted by atomic mass is 9.97. The molecule has 0 aliphatic carbocycles. The zero-order valence-corrected chi connectivity index (χ0v) is 12.7. The summed E-state index contributed by atoms with van der Waals surface area (Å²) < 4.78 is 28.1. The number of hydrogen-bond donors (Lipinski definition) is 1. The Morgan fingerprint density at radius 2 is 2.25 bits per heavy atom. The van der Waals surface area contributed by atoms with Crippen molar-refractivity contribution in [2.45, 2.75) is 44.9 Å². The molecule has 0 aromatic carbocycles. The van der Waals surface area contributed by atoms with Crippen LogP contribution in [-0.2, 0) is 16.3 Å². The molecule has 1 aromatic heterocycles. The van der Waals surface area contributed by atoms with Crippen LogP contribution in [0.4, 0.5) is 0 Å². The number of nitrogens with zero attached hydrogens (tertiary/aromatic N) is 2. The maximum atomic E-state index is 11.4. The molecule has 20 heavy (non-hydrogen) atoms. The van der Waals surface area contributed by atoms with E-state index in [4.69, 9.17) is 10.3 Å². The minimum atomic E-state index is -2.91. The predicted molar refractivity (Wildman–Crippen MR) is 76.1 cm³/mol. The van der Waals surface area contributed by atoms with E-state index in [1.54, 1.807) is 0 Å². The van der Waals surface area contributed by atoms with Crippen molar-refractivity contribution in [2.75, 3.05) is 18.1 Å². The first-order valence-corrected chi connectivity index (χ1v) is 9.09. The van der Waals surface area contributed by atoms with E-state index in [-0.39, 0.29) is 17.4 Å². The van der Waals surface area contributed by atoms with E-state index in [0.29, 0.717) is 30.6 Å². The van der Waals surface area contributed by atoms with Gasteiger partial charge in [0.05, 0.1) is 11.5 Å². The Labute approximate surface area is 120 Å². The number of sulfone groups is 1. The molecule has 1 aliphatic heterocycles. The third kappa shape index (κ3) is 4.02. The smallest absolute Gasteiger partial charge is 0.226 e. The van der Waals surface area contributed by atoms with Gasteiger partial charge in [-0.25, -0.2) is 8.42 Å². The number of nitrogens with two attached hydrogens (primary N) is 1. The van der Waals surface area contributed by atoms with E-state index in [1.165, 1.54) is 0 Å². The van der Waals surface area contributed by atoms with Gasteiger partial charge < -0.3 is 10.3 Å². The highest BCUT2D eigenvalue weighted by Crippen LogP contribution is 2.27. The summed E-state index contributed by atoms with van der Waals surface area (Å²) in [5.41, 5.74) is 5.58. The van der Waals surface area contributed by atoms with Crippen LogP contribution in [0.25, 0.3) is 0 Å². The highest BCUT2D eigenvalue weighted by molar-refractivity contribution is 7.91. The van der Waals surface area contributed by atoms with Crippen LogP contribution in [0.15, 0.2) is 4.52 Å². The summed E-state index contributed by atoms with van der Waals surface area (Å²) in [6.45, 7) is 2.86. The van der Waals surface area contributed by atoms with Crippen LogP contribution < -0.4 is 5.73 Å². The number of aromatic nitrogens is 2. The minimum absolute atomic E-state index is 0.0940. The Morgan fingerprint density at radius 1 is 1.45 bits per heavy atom. The van der Waals surface area contributed by atoms with Crippen molar-refractivity contribution in [3.05, 3.63) is 11.7 Å². The summed E-state index contributed by atoms with van der Waals surface area (Å²) in [6.07, 6.45) is 4.44. The summed E-state index contributed by atoms with van der Waals surface area (Å²) in [7, 11) is -2.91. The second-order valence-electron chi connectivity index (χ2n) is 5.54. The second kappa shape index (κ2) is 6.67. The molecule has 1 aliphatic rings. The second-order valence-corrected chi connectivity index (χ2v) is 7.77. The molecule has 2 N–H and O–H groups in total. The molecular weight excluding hydrogens is 278 g/mol. The SMILES string of the molecule is CCC(CCN)CCc1nc(C2CCS(=O)(=O)C2)no1. The molecule has 2 heterocycles. The van der Waals surface area contributed by atoms with E-state index in [9.17, 15) is 8.42 Å². The maximum Gasteiger partial charge on any atom is 0.226 e. The molecule has 2 rings (SSSR count). The molecule has 1 aromatic rings. The molecule has 0 saturated carbocycles. The van der Waals surface area contributed by atoms with Gasteiger partial charge in [-0.2, -0.15) is 4.98 Å². The summed E-state index contributed by atoms with van der Waals surface area (Å²) in [5, 5.41) is 3.94. The van der Waals surface area contributed by atoms with E-state index in [2.05, 4.69) is 17.1 Å². The lowest BCUT2D eigenvalue weighted by Gasteiger charge is -2.11. The summed E-state index contributed by atoms with van der Waals surface area (Å²) in [4.78, 5) is 4.35. The normalized spacial score (nSPS) is 23.0. The van der Waals surface area contributed by atoms with Gasteiger partial charge in [-0.05, 0) is 31.7 Å². The van der Waals surface area contributed by atoms with Gasteiger partial charge >= 0.3 is 0 Å². The molecule has 6 nitrogen and oxygen atoms in total. The third-order valence-electron chi connectivity index (χ3n) is 4.00. The fourth-order valence-electron chi connectivity index (χ4n) is 2.65. The highest BCUT2D eigenvalue weighted by atomic mass is 32.2. The number of rotatable bonds is 7. The van der Waals surface area contributed by atoms with Crippen LogP contribution in [-0.4, -0.2) is 36.6 Å². The largest absolute Gasteiger partial charge is 0.339 e. The van der Waals surface area contributed by atoms with Crippen LogP contribution >= 0.6 is 0 Å². The van der Waals surface area contributed by atoms with Crippen molar-refractivity contribution in [1.82, 2.24) is 10.1 Å². The topological polar surface area (TPSA) is 99.1 Å². The predicted octanol–water partition coefficient (Wildman–Crippen LogP) is 1.28.